The Morgan fingerprint density at radius 2 is 2.29 bits per heavy atom. The van der Waals surface area contributed by atoms with E-state index < -0.39 is 5.82 Å². The van der Waals surface area contributed by atoms with E-state index in [2.05, 4.69) is 21.2 Å². The lowest BCUT2D eigenvalue weighted by atomic mass is 10.3. The van der Waals surface area contributed by atoms with Crippen LogP contribution in [0, 0.1) is 5.82 Å². The van der Waals surface area contributed by atoms with Gasteiger partial charge in [0, 0.05) is 11.1 Å². The van der Waals surface area contributed by atoms with Gasteiger partial charge in [0.2, 0.25) is 5.91 Å². The third-order valence-corrected chi connectivity index (χ3v) is 2.87. The molecule has 0 atom stereocenters. The molecule has 0 aliphatic heterocycles. The van der Waals surface area contributed by atoms with Gasteiger partial charge in [-0.05, 0) is 35.0 Å². The van der Waals surface area contributed by atoms with Crippen molar-refractivity contribution >= 4 is 39.1 Å². The lowest BCUT2D eigenvalue weighted by Gasteiger charge is -2.09. The van der Waals surface area contributed by atoms with Crippen molar-refractivity contribution in [1.29, 1.82) is 0 Å². The Morgan fingerprint density at radius 3 is 2.88 bits per heavy atom. The van der Waals surface area contributed by atoms with Gasteiger partial charge < -0.3 is 10.1 Å². The van der Waals surface area contributed by atoms with Crippen LogP contribution in [0.3, 0.4) is 0 Å². The molecule has 3 nitrogen and oxygen atoms in total. The summed E-state index contributed by atoms with van der Waals surface area (Å²) in [5.74, 6) is -0.693. The van der Waals surface area contributed by atoms with E-state index in [0.29, 0.717) is 23.4 Å². The largest absolute Gasteiger partial charge is 0.381 e. The third-order valence-electron chi connectivity index (χ3n) is 1.95. The zero-order valence-corrected chi connectivity index (χ0v) is 11.6. The number of hydrogen-bond donors (Lipinski definition) is 1. The number of rotatable bonds is 5. The summed E-state index contributed by atoms with van der Waals surface area (Å²) >= 11 is 8.96. The van der Waals surface area contributed by atoms with Crippen molar-refractivity contribution in [3.8, 4) is 0 Å². The van der Waals surface area contributed by atoms with Gasteiger partial charge in [-0.3, -0.25) is 4.79 Å². The number of benzene rings is 1. The van der Waals surface area contributed by atoms with Crippen LogP contribution in [-0.4, -0.2) is 19.1 Å². The highest BCUT2D eigenvalue weighted by Gasteiger charge is 2.11. The van der Waals surface area contributed by atoms with Crippen LogP contribution in [0.1, 0.15) is 13.3 Å². The highest BCUT2D eigenvalue weighted by atomic mass is 79.9. The van der Waals surface area contributed by atoms with Gasteiger partial charge in [0.15, 0.2) is 0 Å². The van der Waals surface area contributed by atoms with Crippen molar-refractivity contribution in [3.63, 3.8) is 0 Å². The average Bonchev–Trinajstić information content (AvgIpc) is 2.24. The van der Waals surface area contributed by atoms with Gasteiger partial charge in [0.25, 0.3) is 0 Å². The summed E-state index contributed by atoms with van der Waals surface area (Å²) in [6, 6.07) is 2.38. The first-order valence-corrected chi connectivity index (χ1v) is 6.23. The molecule has 94 valence electrons. The van der Waals surface area contributed by atoms with E-state index in [1.54, 1.807) is 0 Å². The van der Waals surface area contributed by atoms with Crippen LogP contribution in [0.25, 0.3) is 0 Å². The van der Waals surface area contributed by atoms with Crippen molar-refractivity contribution in [2.75, 3.05) is 18.5 Å². The van der Waals surface area contributed by atoms with E-state index in [-0.39, 0.29) is 17.4 Å². The molecule has 1 rings (SSSR count). The van der Waals surface area contributed by atoms with E-state index in [1.165, 1.54) is 6.07 Å². The Kier molecular flexibility index (Phi) is 5.88. The van der Waals surface area contributed by atoms with Gasteiger partial charge in [-0.25, -0.2) is 4.39 Å². The Balaban J connectivity index is 2.65. The van der Waals surface area contributed by atoms with E-state index in [9.17, 15) is 9.18 Å². The Bertz CT molecular complexity index is 391. The SMILES string of the molecule is CCOCCC(=O)Nc1c(Cl)cc(F)cc1Br. The fourth-order valence-corrected chi connectivity index (χ4v) is 2.07. The molecule has 1 aromatic carbocycles. The van der Waals surface area contributed by atoms with Gasteiger partial charge in [-0.2, -0.15) is 0 Å². The monoisotopic (exact) mass is 323 g/mol. The van der Waals surface area contributed by atoms with Crippen LogP contribution >= 0.6 is 27.5 Å². The zero-order valence-electron chi connectivity index (χ0n) is 9.23. The van der Waals surface area contributed by atoms with Crippen LogP contribution in [0.5, 0.6) is 0 Å². The highest BCUT2D eigenvalue weighted by molar-refractivity contribution is 9.10. The summed E-state index contributed by atoms with van der Waals surface area (Å²) in [7, 11) is 0. The van der Waals surface area contributed by atoms with E-state index in [0.717, 1.165) is 6.07 Å². The fourth-order valence-electron chi connectivity index (χ4n) is 1.17. The molecule has 0 radical (unpaired) electrons. The average molecular weight is 325 g/mol. The molecule has 0 bridgehead atoms. The molecule has 0 unspecified atom stereocenters. The molecule has 1 amide bonds. The smallest absolute Gasteiger partial charge is 0.226 e. The quantitative estimate of drug-likeness (QED) is 0.840. The third kappa shape index (κ3) is 4.61. The van der Waals surface area contributed by atoms with Gasteiger partial charge in [0.05, 0.1) is 23.7 Å². The number of carbonyl (C=O) groups is 1. The second-order valence-corrected chi connectivity index (χ2v) is 4.50. The molecule has 6 heteroatoms. The fraction of sp³-hybridized carbons (Fsp3) is 0.364. The maximum atomic E-state index is 12.9. The summed E-state index contributed by atoms with van der Waals surface area (Å²) in [4.78, 5) is 11.5. The number of anilines is 1. The van der Waals surface area contributed by atoms with E-state index >= 15 is 0 Å². The van der Waals surface area contributed by atoms with Crippen LogP contribution in [0.2, 0.25) is 5.02 Å². The van der Waals surface area contributed by atoms with Crippen LogP contribution in [-0.2, 0) is 9.53 Å². The maximum Gasteiger partial charge on any atom is 0.226 e. The standard InChI is InChI=1S/C11H12BrClFNO2/c1-2-17-4-3-10(16)15-11-8(12)5-7(14)6-9(11)13/h5-6H,2-4H2,1H3,(H,15,16). The minimum atomic E-state index is -0.464. The Labute approximate surface area is 112 Å². The molecule has 1 aromatic rings. The molecule has 0 aliphatic carbocycles. The first-order valence-electron chi connectivity index (χ1n) is 5.06. The molecule has 0 aliphatic rings. The van der Waals surface area contributed by atoms with Crippen LogP contribution in [0.15, 0.2) is 16.6 Å². The minimum Gasteiger partial charge on any atom is -0.381 e. The lowest BCUT2D eigenvalue weighted by molar-refractivity contribution is -0.117. The van der Waals surface area contributed by atoms with Crippen LogP contribution < -0.4 is 5.32 Å². The van der Waals surface area contributed by atoms with Gasteiger partial charge in [-0.15, -0.1) is 0 Å². The molecule has 1 N–H and O–H groups in total. The number of amides is 1. The van der Waals surface area contributed by atoms with Crippen molar-refractivity contribution in [3.05, 3.63) is 27.4 Å². The number of nitrogens with one attached hydrogen (secondary N) is 1. The predicted molar refractivity (Wildman–Crippen MR) is 68.8 cm³/mol. The van der Waals surface area contributed by atoms with Gasteiger partial charge in [0.1, 0.15) is 5.82 Å². The molecule has 0 fully saturated rings. The topological polar surface area (TPSA) is 38.3 Å². The molecule has 0 spiro atoms. The van der Waals surface area contributed by atoms with Crippen LogP contribution in [0.4, 0.5) is 10.1 Å². The number of carbonyl (C=O) groups excluding carboxylic acids is 1. The molecular formula is C11H12BrClFNO2. The van der Waals surface area contributed by atoms with E-state index in [1.807, 2.05) is 6.92 Å². The highest BCUT2D eigenvalue weighted by Crippen LogP contribution is 2.31. The molecule has 0 saturated heterocycles. The van der Waals surface area contributed by atoms with Gasteiger partial charge in [-0.1, -0.05) is 11.6 Å². The minimum absolute atomic E-state index is 0.154. The van der Waals surface area contributed by atoms with Gasteiger partial charge >= 0.3 is 0 Å². The second kappa shape index (κ2) is 6.93. The summed E-state index contributed by atoms with van der Waals surface area (Å²) in [5.41, 5.74) is 0.370. The van der Waals surface area contributed by atoms with Crippen molar-refractivity contribution in [2.24, 2.45) is 0 Å². The molecule has 0 saturated carbocycles. The van der Waals surface area contributed by atoms with Crippen molar-refractivity contribution in [1.82, 2.24) is 0 Å². The summed E-state index contributed by atoms with van der Waals surface area (Å²) in [5, 5.41) is 2.75. The number of halogens is 3. The normalized spacial score (nSPS) is 10.4. The molecular weight excluding hydrogens is 312 g/mol. The summed E-state index contributed by atoms with van der Waals surface area (Å²) < 4.78 is 18.4. The summed E-state index contributed by atoms with van der Waals surface area (Å²) in [6.45, 7) is 2.76. The second-order valence-electron chi connectivity index (χ2n) is 3.24. The van der Waals surface area contributed by atoms with E-state index in [4.69, 9.17) is 16.3 Å². The van der Waals surface area contributed by atoms with Crippen molar-refractivity contribution < 1.29 is 13.9 Å². The first-order chi connectivity index (χ1) is 8.04. The number of ether oxygens (including phenoxy) is 1. The lowest BCUT2D eigenvalue weighted by Crippen LogP contribution is -2.14. The molecule has 0 heterocycles. The molecule has 0 aromatic heterocycles. The predicted octanol–water partition coefficient (Wildman–Crippen LogP) is 3.61. The zero-order chi connectivity index (χ0) is 12.8. The number of hydrogen-bond acceptors (Lipinski definition) is 2. The summed E-state index contributed by atoms with van der Waals surface area (Å²) in [6.07, 6.45) is 0.230. The Hall–Kier alpha value is -0.650. The van der Waals surface area contributed by atoms with Crippen molar-refractivity contribution in [2.45, 2.75) is 13.3 Å². The first kappa shape index (κ1) is 14.4. The molecule has 17 heavy (non-hydrogen) atoms. The maximum absolute atomic E-state index is 12.9. The Morgan fingerprint density at radius 1 is 1.59 bits per heavy atom.